The number of aliphatic imine (C=N–C) groups is 1. The van der Waals surface area contributed by atoms with Crippen LogP contribution in [0.2, 0.25) is 0 Å². The minimum absolute atomic E-state index is 0.0494. The number of rotatable bonds is 4. The average Bonchev–Trinajstić information content (AvgIpc) is 3.19. The van der Waals surface area contributed by atoms with E-state index < -0.39 is 27.1 Å². The van der Waals surface area contributed by atoms with Gasteiger partial charge in [0.15, 0.2) is 32.7 Å². The van der Waals surface area contributed by atoms with Crippen molar-refractivity contribution in [1.29, 1.82) is 0 Å². The van der Waals surface area contributed by atoms with Crippen LogP contribution in [0.5, 0.6) is 5.75 Å². The maximum Gasteiger partial charge on any atom is 0.345 e. The molecular formula is C17H16N4O6S. The largest absolute Gasteiger partial charge is 0.504 e. The highest BCUT2D eigenvalue weighted by atomic mass is 32.2. The highest BCUT2D eigenvalue weighted by Crippen LogP contribution is 2.38. The van der Waals surface area contributed by atoms with Crippen molar-refractivity contribution in [1.82, 2.24) is 9.99 Å². The predicted octanol–water partition coefficient (Wildman–Crippen LogP) is 1.39. The molecule has 0 bridgehead atoms. The summed E-state index contributed by atoms with van der Waals surface area (Å²) in [6, 6.07) is 3.54. The van der Waals surface area contributed by atoms with Gasteiger partial charge >= 0.3 is 5.97 Å². The topological polar surface area (TPSA) is 145 Å². The van der Waals surface area contributed by atoms with Gasteiger partial charge in [-0.25, -0.2) is 28.2 Å². The van der Waals surface area contributed by atoms with Gasteiger partial charge in [-0.3, -0.25) is 5.43 Å². The number of nitrogens with zero attached hydrogens (tertiary/aromatic N) is 3. The monoisotopic (exact) mass is 404 g/mol. The number of carboxylic acid groups (broad SMARTS) is 1. The fourth-order valence-corrected chi connectivity index (χ4v) is 4.17. The molecule has 10 nitrogen and oxygen atoms in total. The zero-order valence-corrected chi connectivity index (χ0v) is 15.3. The fourth-order valence-electron chi connectivity index (χ4n) is 2.96. The number of hydrogen-bond donors (Lipinski definition) is 3. The number of pyridine rings is 1. The molecule has 0 radical (unpaired) electrons. The molecule has 4 rings (SSSR count). The van der Waals surface area contributed by atoms with Gasteiger partial charge in [0.05, 0.1) is 11.5 Å². The Balaban J connectivity index is 1.65. The van der Waals surface area contributed by atoms with E-state index in [0.717, 1.165) is 5.56 Å². The number of furan rings is 1. The number of aromatic hydroxyl groups is 1. The van der Waals surface area contributed by atoms with Gasteiger partial charge < -0.3 is 14.6 Å². The molecule has 0 saturated carbocycles. The van der Waals surface area contributed by atoms with Crippen LogP contribution in [0.1, 0.15) is 21.7 Å². The van der Waals surface area contributed by atoms with E-state index in [-0.39, 0.29) is 36.2 Å². The van der Waals surface area contributed by atoms with Crippen LogP contribution in [-0.4, -0.2) is 65.4 Å². The van der Waals surface area contributed by atoms with E-state index in [1.807, 2.05) is 0 Å². The molecule has 0 aliphatic carbocycles. The molecule has 1 fully saturated rings. The lowest BCUT2D eigenvalue weighted by Crippen LogP contribution is -2.43. The van der Waals surface area contributed by atoms with E-state index in [9.17, 15) is 23.4 Å². The van der Waals surface area contributed by atoms with E-state index in [1.54, 1.807) is 29.6 Å². The number of carbonyl (C=O) groups is 1. The summed E-state index contributed by atoms with van der Waals surface area (Å²) in [6.45, 7) is 0.343. The molecule has 4 heterocycles. The second-order valence-corrected chi connectivity index (χ2v) is 8.61. The first kappa shape index (κ1) is 18.2. The smallest absolute Gasteiger partial charge is 0.345 e. The third-order valence-electron chi connectivity index (χ3n) is 4.44. The molecular weight excluding hydrogens is 388 g/mol. The van der Waals surface area contributed by atoms with Crippen molar-refractivity contribution in [3.05, 3.63) is 35.2 Å². The average molecular weight is 404 g/mol. The third-order valence-corrected chi connectivity index (χ3v) is 6.05. The van der Waals surface area contributed by atoms with Crippen LogP contribution in [0.3, 0.4) is 0 Å². The van der Waals surface area contributed by atoms with Gasteiger partial charge in [0.2, 0.25) is 5.88 Å². The molecule has 0 atom stereocenters. The number of aromatic carboxylic acids is 1. The Morgan fingerprint density at radius 1 is 1.32 bits per heavy atom. The van der Waals surface area contributed by atoms with Gasteiger partial charge in [-0.15, -0.1) is 0 Å². The minimum Gasteiger partial charge on any atom is -0.504 e. The first-order valence-corrected chi connectivity index (χ1v) is 10.2. The molecule has 0 spiro atoms. The van der Waals surface area contributed by atoms with Crippen molar-refractivity contribution in [2.24, 2.45) is 4.99 Å². The zero-order valence-electron chi connectivity index (χ0n) is 14.5. The van der Waals surface area contributed by atoms with Gasteiger partial charge in [-0.1, -0.05) is 0 Å². The highest BCUT2D eigenvalue weighted by Gasteiger charge is 2.29. The third kappa shape index (κ3) is 3.37. The second kappa shape index (κ2) is 6.77. The van der Waals surface area contributed by atoms with E-state index in [2.05, 4.69) is 15.4 Å². The number of allylic oxidation sites excluding steroid dienone is 1. The molecule has 2 aromatic heterocycles. The van der Waals surface area contributed by atoms with Crippen LogP contribution in [0, 0.1) is 0 Å². The number of anilines is 1. The zero-order chi connectivity index (χ0) is 19.9. The highest BCUT2D eigenvalue weighted by molar-refractivity contribution is 7.91. The summed E-state index contributed by atoms with van der Waals surface area (Å²) in [5, 5.41) is 21.4. The van der Waals surface area contributed by atoms with Crippen LogP contribution < -0.4 is 5.43 Å². The molecule has 2 aliphatic heterocycles. The lowest BCUT2D eigenvalue weighted by Gasteiger charge is -2.26. The predicted molar refractivity (Wildman–Crippen MR) is 101 cm³/mol. The molecule has 28 heavy (non-hydrogen) atoms. The number of sulfone groups is 1. The van der Waals surface area contributed by atoms with Gasteiger partial charge in [-0.05, 0) is 18.2 Å². The van der Waals surface area contributed by atoms with Crippen LogP contribution >= 0.6 is 0 Å². The Morgan fingerprint density at radius 2 is 2.07 bits per heavy atom. The summed E-state index contributed by atoms with van der Waals surface area (Å²) in [5.41, 5.74) is 3.67. The Labute approximate surface area is 159 Å². The van der Waals surface area contributed by atoms with Gasteiger partial charge in [-0.2, -0.15) is 0 Å². The summed E-state index contributed by atoms with van der Waals surface area (Å²) in [7, 11) is -3.09. The number of aromatic nitrogens is 1. The molecule has 1 saturated heterocycles. The van der Waals surface area contributed by atoms with Crippen LogP contribution in [0.15, 0.2) is 27.7 Å². The number of hydrogen-bond acceptors (Lipinski definition) is 9. The number of carboxylic acids is 1. The standard InChI is InChI=1S/C17H16N4O6S/c22-14-12(8-10-9-19-15-11(10)2-1-3-18-15)27-16(13(14)17(23)24)20-21-4-6-28(25,26)7-5-21/h1-3,8-9,20,22H,4-7H2,(H,23,24). The normalized spacial score (nSPS) is 19.6. The maximum atomic E-state index is 11.6. The Kier molecular flexibility index (Phi) is 4.40. The van der Waals surface area contributed by atoms with Gasteiger partial charge in [0.25, 0.3) is 0 Å². The lowest BCUT2D eigenvalue weighted by molar-refractivity contribution is 0.0694. The van der Waals surface area contributed by atoms with Crippen molar-refractivity contribution in [3.63, 3.8) is 0 Å². The van der Waals surface area contributed by atoms with Crippen LogP contribution in [0.4, 0.5) is 11.7 Å². The lowest BCUT2D eigenvalue weighted by atomic mass is 10.1. The first-order chi connectivity index (χ1) is 13.3. The fraction of sp³-hybridized carbons (Fsp3) is 0.235. The summed E-state index contributed by atoms with van der Waals surface area (Å²) < 4.78 is 28.6. The van der Waals surface area contributed by atoms with Gasteiger partial charge in [0.1, 0.15) is 0 Å². The molecule has 11 heteroatoms. The van der Waals surface area contributed by atoms with E-state index in [1.165, 1.54) is 6.08 Å². The van der Waals surface area contributed by atoms with Crippen LogP contribution in [0.25, 0.3) is 11.6 Å². The Bertz CT molecular complexity index is 1100. The molecule has 3 N–H and O–H groups in total. The maximum absolute atomic E-state index is 11.6. The van der Waals surface area contributed by atoms with E-state index in [4.69, 9.17) is 4.42 Å². The van der Waals surface area contributed by atoms with Gasteiger partial charge in [0, 0.05) is 36.6 Å². The summed E-state index contributed by atoms with van der Waals surface area (Å²) in [6.07, 6.45) is 4.63. The molecule has 146 valence electrons. The first-order valence-electron chi connectivity index (χ1n) is 8.36. The van der Waals surface area contributed by atoms with Crippen molar-refractivity contribution in [2.75, 3.05) is 30.0 Å². The molecule has 2 aliphatic rings. The molecule has 2 aromatic rings. The summed E-state index contributed by atoms with van der Waals surface area (Å²) in [4.78, 5) is 19.9. The van der Waals surface area contributed by atoms with E-state index >= 15 is 0 Å². The number of nitrogens with one attached hydrogen (secondary N) is 1. The van der Waals surface area contributed by atoms with Crippen LogP contribution in [-0.2, 0) is 9.84 Å². The Hall–Kier alpha value is -3.18. The molecule has 0 unspecified atom stereocenters. The molecule has 0 aromatic carbocycles. The summed E-state index contributed by atoms with van der Waals surface area (Å²) >= 11 is 0. The van der Waals surface area contributed by atoms with Crippen molar-refractivity contribution >= 4 is 45.4 Å². The van der Waals surface area contributed by atoms with Crippen molar-refractivity contribution < 1.29 is 27.8 Å². The Morgan fingerprint density at radius 3 is 2.79 bits per heavy atom. The van der Waals surface area contributed by atoms with Crippen molar-refractivity contribution in [3.8, 4) is 5.75 Å². The van der Waals surface area contributed by atoms with E-state index in [0.29, 0.717) is 11.4 Å². The number of hydrazine groups is 1. The quantitative estimate of drug-likeness (QED) is 0.688. The number of fused-ring (bicyclic) bond motifs is 1. The second-order valence-electron chi connectivity index (χ2n) is 6.31. The summed E-state index contributed by atoms with van der Waals surface area (Å²) in [5.74, 6) is -1.71. The van der Waals surface area contributed by atoms with Crippen molar-refractivity contribution in [2.45, 2.75) is 0 Å². The molecule has 0 amide bonds. The minimum atomic E-state index is -3.09. The SMILES string of the molecule is O=C(O)c1c(NN2CCS(=O)(=O)CC2)oc(C=C2C=Nc3ncccc32)c1O.